The molecule has 4 heteroatoms. The zero-order valence-electron chi connectivity index (χ0n) is 11.5. The van der Waals surface area contributed by atoms with Gasteiger partial charge in [0, 0.05) is 6.04 Å². The molecule has 0 radical (unpaired) electrons. The minimum Gasteiger partial charge on any atom is -0.493 e. The van der Waals surface area contributed by atoms with Crippen molar-refractivity contribution in [3.05, 3.63) is 29.3 Å². The number of fused-ring (bicyclic) bond motifs is 1. The molecule has 2 N–H and O–H groups in total. The third-order valence-corrected chi connectivity index (χ3v) is 3.21. The van der Waals surface area contributed by atoms with Gasteiger partial charge in [-0.05, 0) is 49.9 Å². The summed E-state index contributed by atoms with van der Waals surface area (Å²) in [7, 11) is 0. The van der Waals surface area contributed by atoms with Crippen molar-refractivity contribution in [3.63, 3.8) is 0 Å². The molecule has 1 aromatic rings. The van der Waals surface area contributed by atoms with E-state index in [1.165, 1.54) is 0 Å². The first-order valence-electron chi connectivity index (χ1n) is 6.79. The highest BCUT2D eigenvalue weighted by Gasteiger charge is 2.20. The molecule has 0 spiro atoms. The van der Waals surface area contributed by atoms with E-state index in [-0.39, 0.29) is 18.1 Å². The Morgan fingerprint density at radius 1 is 1.53 bits per heavy atom. The summed E-state index contributed by atoms with van der Waals surface area (Å²) in [5.74, 6) is 0.775. The Morgan fingerprint density at radius 2 is 2.32 bits per heavy atom. The van der Waals surface area contributed by atoms with Gasteiger partial charge < -0.3 is 15.2 Å². The van der Waals surface area contributed by atoms with Crippen LogP contribution in [-0.2, 0) is 11.2 Å². The molecule has 4 nitrogen and oxygen atoms in total. The molecule has 0 aliphatic heterocycles. The number of nitrogens with one attached hydrogen (secondary N) is 1. The Labute approximate surface area is 113 Å². The van der Waals surface area contributed by atoms with Gasteiger partial charge in [-0.25, -0.2) is 0 Å². The molecule has 0 saturated carbocycles. The molecule has 0 saturated heterocycles. The quantitative estimate of drug-likeness (QED) is 0.853. The standard InChI is InChI=1S/C15H21NO3/c1-10(2)16-15(18)7-8-19-12-4-5-13-11(9-12)3-6-14(13)17/h4-5,9-10,14,17H,3,6-8H2,1-2H3,(H,16,18)/t14-/m1/s1. The molecule has 2 rings (SSSR count). The highest BCUT2D eigenvalue weighted by atomic mass is 16.5. The van der Waals surface area contributed by atoms with E-state index in [0.717, 1.165) is 29.7 Å². The Bertz CT molecular complexity index is 457. The summed E-state index contributed by atoms with van der Waals surface area (Å²) in [6.07, 6.45) is 1.70. The van der Waals surface area contributed by atoms with E-state index in [1.54, 1.807) is 0 Å². The molecular weight excluding hydrogens is 242 g/mol. The fourth-order valence-corrected chi connectivity index (χ4v) is 2.32. The van der Waals surface area contributed by atoms with Gasteiger partial charge in [-0.2, -0.15) is 0 Å². The van der Waals surface area contributed by atoms with Gasteiger partial charge >= 0.3 is 0 Å². The summed E-state index contributed by atoms with van der Waals surface area (Å²) in [6, 6.07) is 5.89. The number of hydrogen-bond donors (Lipinski definition) is 2. The summed E-state index contributed by atoms with van der Waals surface area (Å²) in [6.45, 7) is 4.25. The van der Waals surface area contributed by atoms with E-state index in [1.807, 2.05) is 32.0 Å². The van der Waals surface area contributed by atoms with Crippen LogP contribution in [0.15, 0.2) is 18.2 Å². The number of carbonyl (C=O) groups excluding carboxylic acids is 1. The van der Waals surface area contributed by atoms with E-state index in [4.69, 9.17) is 4.74 Å². The average molecular weight is 263 g/mol. The van der Waals surface area contributed by atoms with E-state index < -0.39 is 0 Å². The summed E-state index contributed by atoms with van der Waals surface area (Å²) in [5, 5.41) is 12.5. The van der Waals surface area contributed by atoms with Gasteiger partial charge in [-0.1, -0.05) is 6.07 Å². The van der Waals surface area contributed by atoms with Crippen molar-refractivity contribution in [1.29, 1.82) is 0 Å². The SMILES string of the molecule is CC(C)NC(=O)CCOc1ccc2c(c1)CC[C@H]2O. The molecule has 0 bridgehead atoms. The molecule has 1 aliphatic rings. The largest absolute Gasteiger partial charge is 0.493 e. The predicted molar refractivity (Wildman–Crippen MR) is 73.1 cm³/mol. The Kier molecular flexibility index (Phi) is 4.43. The van der Waals surface area contributed by atoms with Gasteiger partial charge in [0.2, 0.25) is 5.91 Å². The predicted octanol–water partition coefficient (Wildman–Crippen LogP) is 1.96. The van der Waals surface area contributed by atoms with E-state index in [2.05, 4.69) is 5.32 Å². The Balaban J connectivity index is 1.83. The topological polar surface area (TPSA) is 58.6 Å². The Morgan fingerprint density at radius 3 is 3.05 bits per heavy atom. The van der Waals surface area contributed by atoms with Gasteiger partial charge in [-0.15, -0.1) is 0 Å². The van der Waals surface area contributed by atoms with Crippen LogP contribution in [-0.4, -0.2) is 23.7 Å². The molecular formula is C15H21NO3. The zero-order valence-corrected chi connectivity index (χ0v) is 11.5. The average Bonchev–Trinajstić information content (AvgIpc) is 2.70. The Hall–Kier alpha value is -1.55. The van der Waals surface area contributed by atoms with Crippen LogP contribution in [0.4, 0.5) is 0 Å². The van der Waals surface area contributed by atoms with Crippen molar-refractivity contribution in [3.8, 4) is 5.75 Å². The lowest BCUT2D eigenvalue weighted by Crippen LogP contribution is -2.31. The second kappa shape index (κ2) is 6.06. The highest BCUT2D eigenvalue weighted by Crippen LogP contribution is 2.33. The number of aliphatic hydroxyl groups excluding tert-OH is 1. The lowest BCUT2D eigenvalue weighted by molar-refractivity contribution is -0.122. The van der Waals surface area contributed by atoms with Crippen molar-refractivity contribution >= 4 is 5.91 Å². The summed E-state index contributed by atoms with van der Waals surface area (Å²) < 4.78 is 5.58. The minimum absolute atomic E-state index is 0.00609. The third kappa shape index (κ3) is 3.70. The van der Waals surface area contributed by atoms with Crippen molar-refractivity contribution < 1.29 is 14.6 Å². The van der Waals surface area contributed by atoms with Crippen LogP contribution in [0.5, 0.6) is 5.75 Å². The van der Waals surface area contributed by atoms with Crippen LogP contribution >= 0.6 is 0 Å². The first-order chi connectivity index (χ1) is 9.06. The maximum atomic E-state index is 11.4. The summed E-state index contributed by atoms with van der Waals surface area (Å²) >= 11 is 0. The molecule has 1 aliphatic carbocycles. The van der Waals surface area contributed by atoms with Crippen LogP contribution in [0, 0.1) is 0 Å². The first kappa shape index (κ1) is 13.9. The smallest absolute Gasteiger partial charge is 0.223 e. The van der Waals surface area contributed by atoms with Crippen molar-refractivity contribution in [1.82, 2.24) is 5.32 Å². The van der Waals surface area contributed by atoms with Crippen LogP contribution in [0.25, 0.3) is 0 Å². The fraction of sp³-hybridized carbons (Fsp3) is 0.533. The van der Waals surface area contributed by atoms with Crippen LogP contribution in [0.3, 0.4) is 0 Å². The van der Waals surface area contributed by atoms with Crippen LogP contribution < -0.4 is 10.1 Å². The molecule has 1 amide bonds. The van der Waals surface area contributed by atoms with Crippen LogP contribution in [0.1, 0.15) is 43.9 Å². The van der Waals surface area contributed by atoms with Gasteiger partial charge in [0.1, 0.15) is 5.75 Å². The maximum absolute atomic E-state index is 11.4. The van der Waals surface area contributed by atoms with Crippen molar-refractivity contribution in [2.24, 2.45) is 0 Å². The van der Waals surface area contributed by atoms with E-state index >= 15 is 0 Å². The fourth-order valence-electron chi connectivity index (χ4n) is 2.32. The first-order valence-corrected chi connectivity index (χ1v) is 6.79. The van der Waals surface area contributed by atoms with E-state index in [0.29, 0.717) is 13.0 Å². The lowest BCUT2D eigenvalue weighted by Gasteiger charge is -2.10. The van der Waals surface area contributed by atoms with Gasteiger partial charge in [0.15, 0.2) is 0 Å². The molecule has 104 valence electrons. The molecule has 1 aromatic carbocycles. The van der Waals surface area contributed by atoms with Crippen molar-refractivity contribution in [2.45, 2.75) is 45.3 Å². The minimum atomic E-state index is -0.333. The molecule has 19 heavy (non-hydrogen) atoms. The van der Waals surface area contributed by atoms with Gasteiger partial charge in [0.05, 0.1) is 19.1 Å². The molecule has 0 heterocycles. The van der Waals surface area contributed by atoms with Crippen molar-refractivity contribution in [2.75, 3.05) is 6.61 Å². The maximum Gasteiger partial charge on any atom is 0.223 e. The normalized spacial score (nSPS) is 17.4. The zero-order chi connectivity index (χ0) is 13.8. The number of benzene rings is 1. The number of aryl methyl sites for hydroxylation is 1. The highest BCUT2D eigenvalue weighted by molar-refractivity contribution is 5.76. The van der Waals surface area contributed by atoms with Crippen LogP contribution in [0.2, 0.25) is 0 Å². The van der Waals surface area contributed by atoms with Gasteiger partial charge in [0.25, 0.3) is 0 Å². The van der Waals surface area contributed by atoms with Gasteiger partial charge in [-0.3, -0.25) is 4.79 Å². The number of aliphatic hydroxyl groups is 1. The molecule has 1 atom stereocenters. The third-order valence-electron chi connectivity index (χ3n) is 3.21. The molecule has 0 fully saturated rings. The summed E-state index contributed by atoms with van der Waals surface area (Å²) in [4.78, 5) is 11.4. The lowest BCUT2D eigenvalue weighted by atomic mass is 10.1. The number of ether oxygens (including phenoxy) is 1. The molecule has 0 unspecified atom stereocenters. The van der Waals surface area contributed by atoms with E-state index in [9.17, 15) is 9.90 Å². The molecule has 0 aromatic heterocycles. The summed E-state index contributed by atoms with van der Waals surface area (Å²) in [5.41, 5.74) is 2.15. The second-order valence-electron chi connectivity index (χ2n) is 5.24. The second-order valence-corrected chi connectivity index (χ2v) is 5.24. The number of hydrogen-bond acceptors (Lipinski definition) is 3. The number of rotatable bonds is 5. The monoisotopic (exact) mass is 263 g/mol. The number of amides is 1. The number of carbonyl (C=O) groups is 1.